The monoisotopic (exact) mass is 226 g/mol. The summed E-state index contributed by atoms with van der Waals surface area (Å²) in [5.74, 6) is 0.291. The van der Waals surface area contributed by atoms with E-state index in [1.54, 1.807) is 0 Å². The molecule has 1 saturated heterocycles. The zero-order valence-electron chi connectivity index (χ0n) is 10.7. The van der Waals surface area contributed by atoms with Gasteiger partial charge in [0.15, 0.2) is 0 Å². The molecule has 3 fully saturated rings. The predicted octanol–water partition coefficient (Wildman–Crippen LogP) is 2.78. The maximum Gasteiger partial charge on any atom is 0.317 e. The topological polar surface area (TPSA) is 43.4 Å². The average Bonchev–Trinajstić information content (AvgIpc) is 2.99. The summed E-state index contributed by atoms with van der Waals surface area (Å²) < 4.78 is 4.63. The molecule has 0 N–H and O–H groups in total. The van der Waals surface area contributed by atoms with E-state index in [0.29, 0.717) is 11.8 Å². The van der Waals surface area contributed by atoms with Gasteiger partial charge in [-0.25, -0.2) is 0 Å². The minimum absolute atomic E-state index is 0.0590. The summed E-state index contributed by atoms with van der Waals surface area (Å²) in [6, 6.07) is 0. The maximum atomic E-state index is 11.2. The van der Waals surface area contributed by atoms with Crippen LogP contribution in [0.2, 0.25) is 0 Å². The van der Waals surface area contributed by atoms with Gasteiger partial charge in [-0.3, -0.25) is 9.59 Å². The summed E-state index contributed by atoms with van der Waals surface area (Å²) in [5.41, 5.74) is 0. The first-order chi connectivity index (χ1) is 7.77. The van der Waals surface area contributed by atoms with Crippen molar-refractivity contribution in [1.29, 1.82) is 0 Å². The van der Waals surface area contributed by atoms with E-state index in [0.717, 1.165) is 19.3 Å². The van der Waals surface area contributed by atoms with E-state index in [-0.39, 0.29) is 23.8 Å². The van der Waals surface area contributed by atoms with Crippen molar-refractivity contribution in [1.82, 2.24) is 0 Å². The molecule has 92 valence electrons. The van der Waals surface area contributed by atoms with Gasteiger partial charge in [-0.15, -0.1) is 0 Å². The summed E-state index contributed by atoms with van der Waals surface area (Å²) in [5, 5.41) is 0. The van der Waals surface area contributed by atoms with Crippen LogP contribution in [0.3, 0.4) is 0 Å². The van der Waals surface area contributed by atoms with Crippen molar-refractivity contribution in [3.8, 4) is 0 Å². The van der Waals surface area contributed by atoms with Crippen LogP contribution in [0.15, 0.2) is 0 Å². The number of fused-ring (bicyclic) bond motifs is 5. The largest absolute Gasteiger partial charge is 0.393 e. The molecule has 0 amide bonds. The quantitative estimate of drug-likeness (QED) is 0.471. The first-order valence-corrected chi connectivity index (χ1v) is 6.53. The number of rotatable bonds is 0. The molecule has 3 rings (SSSR count). The highest BCUT2D eigenvalue weighted by atomic mass is 16.6. The Morgan fingerprint density at radius 3 is 1.62 bits per heavy atom. The molecule has 0 radical (unpaired) electrons. The smallest absolute Gasteiger partial charge is 0.317 e. The molecule has 2 bridgehead atoms. The molecule has 1 heterocycles. The first kappa shape index (κ1) is 13.2. The van der Waals surface area contributed by atoms with E-state index in [1.165, 1.54) is 0 Å². The third-order valence-electron chi connectivity index (χ3n) is 3.66. The van der Waals surface area contributed by atoms with Crippen LogP contribution in [-0.2, 0) is 14.3 Å². The maximum absolute atomic E-state index is 11.2. The lowest BCUT2D eigenvalue weighted by Gasteiger charge is -2.17. The van der Waals surface area contributed by atoms with Gasteiger partial charge in [-0.05, 0) is 31.1 Å². The molecule has 3 aliphatic rings. The highest BCUT2D eigenvalue weighted by molar-refractivity contribution is 5.97. The van der Waals surface area contributed by atoms with Gasteiger partial charge in [-0.2, -0.15) is 0 Å². The summed E-state index contributed by atoms with van der Waals surface area (Å²) in [7, 11) is 0. The van der Waals surface area contributed by atoms with Crippen molar-refractivity contribution in [2.75, 3.05) is 0 Å². The molecule has 0 aromatic rings. The highest BCUT2D eigenvalue weighted by Crippen LogP contribution is 2.55. The van der Waals surface area contributed by atoms with Gasteiger partial charge in [-0.1, -0.05) is 27.7 Å². The number of carbonyl (C=O) groups excluding carboxylic acids is 2. The van der Waals surface area contributed by atoms with E-state index in [2.05, 4.69) is 4.74 Å². The van der Waals surface area contributed by atoms with Crippen molar-refractivity contribution < 1.29 is 14.3 Å². The molecule has 2 aliphatic carbocycles. The first-order valence-electron chi connectivity index (χ1n) is 6.53. The molecule has 1 aliphatic heterocycles. The normalized spacial score (nSPS) is 38.0. The van der Waals surface area contributed by atoms with Crippen molar-refractivity contribution in [2.45, 2.75) is 47.0 Å². The Kier molecular flexibility index (Phi) is 4.51. The second-order valence-electron chi connectivity index (χ2n) is 4.12. The van der Waals surface area contributed by atoms with E-state index in [1.807, 2.05) is 27.7 Å². The average molecular weight is 226 g/mol. The minimum Gasteiger partial charge on any atom is -0.393 e. The molecule has 3 nitrogen and oxygen atoms in total. The number of carbonyl (C=O) groups is 2. The Balaban J connectivity index is 0.000000291. The zero-order valence-corrected chi connectivity index (χ0v) is 10.7. The number of esters is 2. The van der Waals surface area contributed by atoms with E-state index >= 15 is 0 Å². The van der Waals surface area contributed by atoms with E-state index in [4.69, 9.17) is 0 Å². The Hall–Kier alpha value is -0.860. The third kappa shape index (κ3) is 1.87. The highest BCUT2D eigenvalue weighted by Gasteiger charge is 2.59. The second kappa shape index (κ2) is 5.46. The van der Waals surface area contributed by atoms with Gasteiger partial charge >= 0.3 is 11.9 Å². The van der Waals surface area contributed by atoms with Crippen LogP contribution in [0.1, 0.15) is 47.0 Å². The van der Waals surface area contributed by atoms with E-state index < -0.39 is 0 Å². The molecule has 0 spiro atoms. The second-order valence-corrected chi connectivity index (χ2v) is 4.12. The Morgan fingerprint density at radius 2 is 1.25 bits per heavy atom. The van der Waals surface area contributed by atoms with Crippen LogP contribution < -0.4 is 0 Å². The fraction of sp³-hybridized carbons (Fsp3) is 0.846. The summed E-state index contributed by atoms with van der Waals surface area (Å²) in [4.78, 5) is 22.4. The summed E-state index contributed by atoms with van der Waals surface area (Å²) >= 11 is 0. The molecule has 2 saturated carbocycles. The van der Waals surface area contributed by atoms with Crippen LogP contribution in [0, 0.1) is 23.7 Å². The fourth-order valence-electron chi connectivity index (χ4n) is 3.20. The van der Waals surface area contributed by atoms with Gasteiger partial charge < -0.3 is 4.74 Å². The SMILES string of the molecule is CC.CC.O=C1OC(=O)C2C3CCC(C3)C12. The molecule has 4 atom stereocenters. The van der Waals surface area contributed by atoms with Crippen LogP contribution >= 0.6 is 0 Å². The lowest BCUT2D eigenvalue weighted by Crippen LogP contribution is -2.24. The van der Waals surface area contributed by atoms with Crippen LogP contribution in [0.25, 0.3) is 0 Å². The molecular formula is C13H22O3. The number of hydrogen-bond donors (Lipinski definition) is 0. The Bertz CT molecular complexity index is 246. The fourth-order valence-corrected chi connectivity index (χ4v) is 3.20. The predicted molar refractivity (Wildman–Crippen MR) is 61.6 cm³/mol. The van der Waals surface area contributed by atoms with Crippen LogP contribution in [0.5, 0.6) is 0 Å². The van der Waals surface area contributed by atoms with Crippen LogP contribution in [-0.4, -0.2) is 11.9 Å². The number of cyclic esters (lactones) is 2. The van der Waals surface area contributed by atoms with Gasteiger partial charge in [0.2, 0.25) is 0 Å². The Labute approximate surface area is 97.5 Å². The Morgan fingerprint density at radius 1 is 0.875 bits per heavy atom. The summed E-state index contributed by atoms with van der Waals surface area (Å²) in [6.07, 6.45) is 3.32. The molecule has 16 heavy (non-hydrogen) atoms. The van der Waals surface area contributed by atoms with Crippen molar-refractivity contribution in [3.05, 3.63) is 0 Å². The van der Waals surface area contributed by atoms with Gasteiger partial charge in [0.1, 0.15) is 0 Å². The van der Waals surface area contributed by atoms with Gasteiger partial charge in [0.05, 0.1) is 11.8 Å². The lowest BCUT2D eigenvalue weighted by atomic mass is 9.81. The minimum atomic E-state index is -0.253. The lowest BCUT2D eigenvalue weighted by molar-refractivity contribution is -0.154. The third-order valence-corrected chi connectivity index (χ3v) is 3.66. The number of hydrogen-bond acceptors (Lipinski definition) is 3. The molecule has 4 unspecified atom stereocenters. The molecule has 0 aromatic carbocycles. The molecular weight excluding hydrogens is 204 g/mol. The zero-order chi connectivity index (χ0) is 12.3. The van der Waals surface area contributed by atoms with Crippen molar-refractivity contribution in [3.63, 3.8) is 0 Å². The van der Waals surface area contributed by atoms with Gasteiger partial charge in [0, 0.05) is 0 Å². The van der Waals surface area contributed by atoms with Crippen molar-refractivity contribution in [2.24, 2.45) is 23.7 Å². The van der Waals surface area contributed by atoms with E-state index in [9.17, 15) is 9.59 Å². The molecule has 3 heteroatoms. The van der Waals surface area contributed by atoms with Crippen molar-refractivity contribution >= 4 is 11.9 Å². The van der Waals surface area contributed by atoms with Crippen LogP contribution in [0.4, 0.5) is 0 Å². The molecule has 0 aromatic heterocycles. The standard InChI is InChI=1S/C9H10O3.2C2H6/c10-8-6-4-1-2-5(3-4)7(6)9(11)12-8;2*1-2/h4-7H,1-3H2;2*1-2H3. The van der Waals surface area contributed by atoms with Gasteiger partial charge in [0.25, 0.3) is 0 Å². The number of ether oxygens (including phenoxy) is 1. The summed E-state index contributed by atoms with van der Waals surface area (Å²) in [6.45, 7) is 8.00.